The highest BCUT2D eigenvalue weighted by Gasteiger charge is 2.26. The summed E-state index contributed by atoms with van der Waals surface area (Å²) in [5, 5.41) is 14.1. The number of halogens is 1. The van der Waals surface area contributed by atoms with Crippen LogP contribution in [0.4, 0.5) is 11.5 Å². The topological polar surface area (TPSA) is 82.0 Å². The van der Waals surface area contributed by atoms with E-state index in [1.807, 2.05) is 59.9 Å². The second-order valence-corrected chi connectivity index (χ2v) is 7.64. The summed E-state index contributed by atoms with van der Waals surface area (Å²) in [7, 11) is 0. The molecule has 0 atom stereocenters. The Bertz CT molecular complexity index is 1320. The zero-order valence-electron chi connectivity index (χ0n) is 17.3. The minimum absolute atomic E-state index is 0.225. The van der Waals surface area contributed by atoms with Crippen LogP contribution in [-0.4, -0.2) is 17.6 Å². The number of hydrogen-bond acceptors (Lipinski definition) is 4. The van der Waals surface area contributed by atoms with Gasteiger partial charge in [0.25, 0.3) is 0 Å². The molecule has 0 fully saturated rings. The maximum atomic E-state index is 12.1. The van der Waals surface area contributed by atoms with Crippen molar-refractivity contribution in [3.63, 3.8) is 0 Å². The zero-order chi connectivity index (χ0) is 22.0. The van der Waals surface area contributed by atoms with E-state index in [2.05, 4.69) is 16.4 Å². The lowest BCUT2D eigenvalue weighted by atomic mass is 10.00. The van der Waals surface area contributed by atoms with Crippen LogP contribution in [0.5, 0.6) is 0 Å². The molecule has 0 radical (unpaired) electrons. The van der Waals surface area contributed by atoms with Gasteiger partial charge in [-0.05, 0) is 62.2 Å². The molecule has 0 unspecified atom stereocenters. The fraction of sp³-hybridized carbons (Fsp3) is 0.208. The van der Waals surface area contributed by atoms with Gasteiger partial charge in [0.05, 0.1) is 12.3 Å². The summed E-state index contributed by atoms with van der Waals surface area (Å²) < 4.78 is 7.13. The lowest BCUT2D eigenvalue weighted by Crippen LogP contribution is -2.29. The maximum Gasteiger partial charge on any atom is 0.306 e. The number of fused-ring (bicyclic) bond motifs is 3. The van der Waals surface area contributed by atoms with Crippen LogP contribution in [0.1, 0.15) is 30.0 Å². The van der Waals surface area contributed by atoms with Crippen molar-refractivity contribution >= 4 is 45.8 Å². The highest BCUT2D eigenvalue weighted by molar-refractivity contribution is 6.30. The molecule has 7 heteroatoms. The lowest BCUT2D eigenvalue weighted by molar-refractivity contribution is -0.465. The van der Waals surface area contributed by atoms with Gasteiger partial charge >= 0.3 is 5.97 Å². The van der Waals surface area contributed by atoms with E-state index >= 15 is 0 Å². The van der Waals surface area contributed by atoms with E-state index in [0.29, 0.717) is 29.3 Å². The number of rotatable bonds is 6. The summed E-state index contributed by atoms with van der Waals surface area (Å²) in [5.74, 6) is 0.539. The number of aromatic amines is 1. The van der Waals surface area contributed by atoms with E-state index < -0.39 is 0 Å². The van der Waals surface area contributed by atoms with E-state index in [4.69, 9.17) is 16.3 Å². The number of pyridine rings is 1. The maximum absolute atomic E-state index is 12.1. The average Bonchev–Trinajstić information content (AvgIpc) is 3.14. The molecular weight excluding hydrogens is 412 g/mol. The first-order valence-corrected chi connectivity index (χ1v) is 10.5. The SMILES string of the molecule is CCOC(=O)CCc1c(C)c(C#N)c2[nH]c3ccccc3[n+]2c1Nc1ccc(Cl)cc1. The molecule has 0 saturated heterocycles. The van der Waals surface area contributed by atoms with Gasteiger partial charge in [-0.15, -0.1) is 0 Å². The van der Waals surface area contributed by atoms with Crippen LogP contribution in [-0.2, 0) is 16.0 Å². The van der Waals surface area contributed by atoms with Crippen LogP contribution in [0.25, 0.3) is 16.7 Å². The van der Waals surface area contributed by atoms with Crippen LogP contribution in [0.2, 0.25) is 5.02 Å². The van der Waals surface area contributed by atoms with Crippen LogP contribution in [0.3, 0.4) is 0 Å². The van der Waals surface area contributed by atoms with Crippen molar-refractivity contribution < 1.29 is 13.9 Å². The Kier molecular flexibility index (Phi) is 5.79. The number of benzene rings is 2. The van der Waals surface area contributed by atoms with Crippen molar-refractivity contribution in [3.05, 3.63) is 70.2 Å². The Morgan fingerprint density at radius 1 is 1.23 bits per heavy atom. The van der Waals surface area contributed by atoms with Crippen molar-refractivity contribution in [3.8, 4) is 6.07 Å². The molecule has 6 nitrogen and oxygen atoms in total. The molecule has 156 valence electrons. The second-order valence-electron chi connectivity index (χ2n) is 7.20. The van der Waals surface area contributed by atoms with E-state index in [-0.39, 0.29) is 12.4 Å². The summed E-state index contributed by atoms with van der Waals surface area (Å²) in [4.78, 5) is 15.5. The smallest absolute Gasteiger partial charge is 0.306 e. The van der Waals surface area contributed by atoms with Crippen LogP contribution < -0.4 is 9.72 Å². The molecular formula is C24H22ClN4O2+. The first kappa shape index (κ1) is 20.7. The first-order chi connectivity index (χ1) is 15.0. The molecule has 0 aliphatic rings. The van der Waals surface area contributed by atoms with Crippen LogP contribution in [0, 0.1) is 18.3 Å². The van der Waals surface area contributed by atoms with Gasteiger partial charge in [-0.1, -0.05) is 23.7 Å². The molecule has 0 bridgehead atoms. The van der Waals surface area contributed by atoms with Gasteiger partial charge in [0.2, 0.25) is 11.5 Å². The molecule has 2 N–H and O–H groups in total. The Balaban J connectivity index is 1.96. The standard InChI is InChI=1S/C24H21ClN4O2/c1-3-31-22(30)13-12-18-15(2)19(14-26)24-28-20-6-4-5-7-21(20)29(24)23(18)27-17-10-8-16(25)9-11-17/h4-11H,3,12-13H2,1-2H3,(H,27,28)/p+1. The predicted octanol–water partition coefficient (Wildman–Crippen LogP) is 4.98. The normalized spacial score (nSPS) is 10.9. The molecule has 4 aromatic rings. The fourth-order valence-corrected chi connectivity index (χ4v) is 3.96. The summed E-state index contributed by atoms with van der Waals surface area (Å²) >= 11 is 6.06. The number of anilines is 2. The Morgan fingerprint density at radius 3 is 2.68 bits per heavy atom. The number of nitrogens with zero attached hydrogens (tertiary/aromatic N) is 2. The molecule has 2 aromatic heterocycles. The summed E-state index contributed by atoms with van der Waals surface area (Å²) in [6.45, 7) is 4.04. The minimum Gasteiger partial charge on any atom is -0.466 e. The number of aromatic nitrogens is 2. The van der Waals surface area contributed by atoms with Gasteiger partial charge in [-0.25, -0.2) is 0 Å². The molecule has 4 rings (SSSR count). The van der Waals surface area contributed by atoms with Crippen molar-refractivity contribution in [1.82, 2.24) is 4.98 Å². The second kappa shape index (κ2) is 8.66. The summed E-state index contributed by atoms with van der Waals surface area (Å²) in [6, 6.07) is 17.6. The Morgan fingerprint density at radius 2 is 1.97 bits per heavy atom. The Hall–Kier alpha value is -3.56. The van der Waals surface area contributed by atoms with Crippen molar-refractivity contribution in [2.75, 3.05) is 11.9 Å². The van der Waals surface area contributed by atoms with Gasteiger partial charge in [-0.3, -0.25) is 15.1 Å². The molecule has 0 aliphatic carbocycles. The third kappa shape index (κ3) is 3.92. The first-order valence-electron chi connectivity index (χ1n) is 10.1. The monoisotopic (exact) mass is 433 g/mol. The molecule has 0 spiro atoms. The number of para-hydroxylation sites is 2. The lowest BCUT2D eigenvalue weighted by Gasteiger charge is -2.14. The third-order valence-corrected chi connectivity index (χ3v) is 5.55. The fourth-order valence-electron chi connectivity index (χ4n) is 3.83. The number of esters is 1. The number of nitrogens with one attached hydrogen (secondary N) is 2. The minimum atomic E-state index is -0.262. The van der Waals surface area contributed by atoms with Gasteiger partial charge in [-0.2, -0.15) is 9.66 Å². The van der Waals surface area contributed by atoms with Crippen molar-refractivity contribution in [2.24, 2.45) is 0 Å². The van der Waals surface area contributed by atoms with Gasteiger partial charge < -0.3 is 4.74 Å². The Labute approximate surface area is 185 Å². The number of carbonyl (C=O) groups is 1. The number of nitriles is 1. The van der Waals surface area contributed by atoms with Crippen molar-refractivity contribution in [1.29, 1.82) is 5.26 Å². The molecule has 0 aliphatic heterocycles. The number of carbonyl (C=O) groups excluding carboxylic acids is 1. The predicted molar refractivity (Wildman–Crippen MR) is 121 cm³/mol. The number of H-pyrrole nitrogens is 1. The molecule has 2 heterocycles. The number of ether oxygens (including phenoxy) is 1. The van der Waals surface area contributed by atoms with E-state index in [0.717, 1.165) is 33.7 Å². The molecule has 31 heavy (non-hydrogen) atoms. The van der Waals surface area contributed by atoms with Crippen LogP contribution in [0.15, 0.2) is 48.5 Å². The van der Waals surface area contributed by atoms with Gasteiger partial charge in [0.15, 0.2) is 0 Å². The largest absolute Gasteiger partial charge is 0.466 e. The number of hydrogen-bond donors (Lipinski definition) is 2. The van der Waals surface area contributed by atoms with E-state index in [1.54, 1.807) is 6.92 Å². The quantitative estimate of drug-likeness (QED) is 0.332. The van der Waals surface area contributed by atoms with E-state index in [9.17, 15) is 10.1 Å². The van der Waals surface area contributed by atoms with E-state index in [1.165, 1.54) is 0 Å². The molecule has 0 amide bonds. The van der Waals surface area contributed by atoms with Crippen LogP contribution >= 0.6 is 11.6 Å². The highest BCUT2D eigenvalue weighted by atomic mass is 35.5. The summed E-state index contributed by atoms with van der Waals surface area (Å²) in [5.41, 5.74) is 5.68. The van der Waals surface area contributed by atoms with Gasteiger partial charge in [0.1, 0.15) is 22.7 Å². The third-order valence-electron chi connectivity index (χ3n) is 5.30. The van der Waals surface area contributed by atoms with Gasteiger partial charge in [0, 0.05) is 17.0 Å². The highest BCUT2D eigenvalue weighted by Crippen LogP contribution is 2.29. The average molecular weight is 434 g/mol. The molecule has 0 saturated carbocycles. The molecule has 2 aromatic carbocycles. The zero-order valence-corrected chi connectivity index (χ0v) is 18.1. The van der Waals surface area contributed by atoms with Crippen molar-refractivity contribution in [2.45, 2.75) is 26.7 Å². The summed E-state index contributed by atoms with van der Waals surface area (Å²) in [6.07, 6.45) is 0.668. The number of imidazole rings is 1.